The van der Waals surface area contributed by atoms with E-state index in [1.165, 1.54) is 5.56 Å². The Morgan fingerprint density at radius 1 is 1.29 bits per heavy atom. The fourth-order valence-corrected chi connectivity index (χ4v) is 3.04. The molecule has 2 aromatic carbocycles. The average Bonchev–Trinajstić information content (AvgIpc) is 2.48. The van der Waals surface area contributed by atoms with Gasteiger partial charge in [0.2, 0.25) is 0 Å². The van der Waals surface area contributed by atoms with E-state index in [0.29, 0.717) is 28.7 Å². The summed E-state index contributed by atoms with van der Waals surface area (Å²) >= 11 is 6.17. The molecule has 0 bridgehead atoms. The third-order valence-electron chi connectivity index (χ3n) is 3.81. The van der Waals surface area contributed by atoms with Crippen molar-refractivity contribution in [3.8, 4) is 0 Å². The number of amides is 1. The largest absolute Gasteiger partial charge is 0.399 e. The summed E-state index contributed by atoms with van der Waals surface area (Å²) in [4.78, 5) is 14.7. The maximum atomic E-state index is 12.9. The molecule has 0 aliphatic carbocycles. The van der Waals surface area contributed by atoms with Crippen LogP contribution in [0.4, 0.5) is 11.4 Å². The van der Waals surface area contributed by atoms with E-state index in [0.717, 1.165) is 12.1 Å². The van der Waals surface area contributed by atoms with Crippen LogP contribution in [0.5, 0.6) is 0 Å². The molecule has 0 saturated heterocycles. The fraction of sp³-hybridized carbons (Fsp3) is 0.235. The first-order chi connectivity index (χ1) is 10.1. The molecule has 1 aliphatic rings. The van der Waals surface area contributed by atoms with Crippen molar-refractivity contribution in [3.63, 3.8) is 0 Å². The van der Waals surface area contributed by atoms with Crippen molar-refractivity contribution in [3.05, 3.63) is 58.6 Å². The number of nitrogens with zero attached hydrogens (tertiary/aromatic N) is 1. The molecular weight excluding hydrogens is 284 g/mol. The quantitative estimate of drug-likeness (QED) is 0.815. The van der Waals surface area contributed by atoms with E-state index in [9.17, 15) is 4.79 Å². The number of para-hydroxylation sites is 1. The van der Waals surface area contributed by atoms with Crippen LogP contribution in [0.1, 0.15) is 22.8 Å². The predicted molar refractivity (Wildman–Crippen MR) is 86.9 cm³/mol. The fourth-order valence-electron chi connectivity index (χ4n) is 2.84. The number of hydrogen-bond acceptors (Lipinski definition) is 2. The maximum Gasteiger partial charge on any atom is 0.259 e. The van der Waals surface area contributed by atoms with Gasteiger partial charge in [-0.15, -0.1) is 0 Å². The van der Waals surface area contributed by atoms with Crippen molar-refractivity contribution in [1.29, 1.82) is 0 Å². The number of nitrogens with two attached hydrogens (primary N) is 1. The smallest absolute Gasteiger partial charge is 0.259 e. The zero-order valence-corrected chi connectivity index (χ0v) is 12.6. The average molecular weight is 301 g/mol. The Morgan fingerprint density at radius 2 is 2.05 bits per heavy atom. The van der Waals surface area contributed by atoms with Gasteiger partial charge >= 0.3 is 0 Å². The number of halogens is 1. The standard InChI is InChI=1S/C17H17ClN2O/c1-11-8-12-4-2-3-5-16(12)20(10-11)17(21)14-9-13(19)6-7-15(14)18/h2-7,9,11H,8,10,19H2,1H3. The van der Waals surface area contributed by atoms with Crippen LogP contribution < -0.4 is 10.6 Å². The third-order valence-corrected chi connectivity index (χ3v) is 4.14. The number of carbonyl (C=O) groups is 1. The summed E-state index contributed by atoms with van der Waals surface area (Å²) < 4.78 is 0. The summed E-state index contributed by atoms with van der Waals surface area (Å²) in [5.74, 6) is 0.329. The Morgan fingerprint density at radius 3 is 2.86 bits per heavy atom. The van der Waals surface area contributed by atoms with Crippen LogP contribution in [-0.4, -0.2) is 12.5 Å². The van der Waals surface area contributed by atoms with Crippen molar-refractivity contribution in [2.24, 2.45) is 5.92 Å². The predicted octanol–water partition coefficient (Wildman–Crippen LogP) is 3.76. The molecule has 4 heteroatoms. The van der Waals surface area contributed by atoms with Gasteiger partial charge in [0.25, 0.3) is 5.91 Å². The minimum atomic E-state index is -0.0914. The first kappa shape index (κ1) is 14.0. The normalized spacial score (nSPS) is 17.4. The van der Waals surface area contributed by atoms with Crippen molar-refractivity contribution in [2.75, 3.05) is 17.2 Å². The van der Waals surface area contributed by atoms with E-state index in [4.69, 9.17) is 17.3 Å². The number of benzene rings is 2. The first-order valence-corrected chi connectivity index (χ1v) is 7.39. The van der Waals surface area contributed by atoms with Crippen LogP contribution in [0.15, 0.2) is 42.5 Å². The molecule has 2 N–H and O–H groups in total. The molecule has 1 aliphatic heterocycles. The lowest BCUT2D eigenvalue weighted by Gasteiger charge is -2.33. The molecule has 0 saturated carbocycles. The summed E-state index contributed by atoms with van der Waals surface area (Å²) in [6, 6.07) is 13.0. The lowest BCUT2D eigenvalue weighted by Crippen LogP contribution is -2.39. The monoisotopic (exact) mass is 300 g/mol. The van der Waals surface area contributed by atoms with E-state index in [2.05, 4.69) is 13.0 Å². The molecule has 3 nitrogen and oxygen atoms in total. The number of hydrogen-bond donors (Lipinski definition) is 1. The van der Waals surface area contributed by atoms with E-state index >= 15 is 0 Å². The van der Waals surface area contributed by atoms with E-state index in [-0.39, 0.29) is 5.91 Å². The van der Waals surface area contributed by atoms with Crippen molar-refractivity contribution >= 4 is 28.9 Å². The highest BCUT2D eigenvalue weighted by Gasteiger charge is 2.27. The van der Waals surface area contributed by atoms with E-state index in [1.54, 1.807) is 18.2 Å². The zero-order chi connectivity index (χ0) is 15.0. The van der Waals surface area contributed by atoms with Gasteiger partial charge in [-0.05, 0) is 42.2 Å². The number of anilines is 2. The highest BCUT2D eigenvalue weighted by molar-refractivity contribution is 6.34. The molecule has 1 unspecified atom stereocenters. The van der Waals surface area contributed by atoms with Gasteiger partial charge in [0.15, 0.2) is 0 Å². The Balaban J connectivity index is 2.04. The Hall–Kier alpha value is -2.00. The van der Waals surface area contributed by atoms with Gasteiger partial charge in [-0.2, -0.15) is 0 Å². The van der Waals surface area contributed by atoms with E-state index in [1.807, 2.05) is 23.1 Å². The van der Waals surface area contributed by atoms with Crippen molar-refractivity contribution in [1.82, 2.24) is 0 Å². The molecule has 0 radical (unpaired) electrons. The molecule has 1 atom stereocenters. The summed E-state index contributed by atoms with van der Waals surface area (Å²) in [5, 5.41) is 0.435. The second-order valence-corrected chi connectivity index (χ2v) is 6.00. The lowest BCUT2D eigenvalue weighted by molar-refractivity contribution is 0.0981. The molecule has 0 spiro atoms. The minimum Gasteiger partial charge on any atom is -0.399 e. The Labute approximate surface area is 129 Å². The second-order valence-electron chi connectivity index (χ2n) is 5.59. The minimum absolute atomic E-state index is 0.0914. The maximum absolute atomic E-state index is 12.9. The first-order valence-electron chi connectivity index (χ1n) is 7.01. The number of rotatable bonds is 1. The van der Waals surface area contributed by atoms with Crippen LogP contribution in [0, 0.1) is 5.92 Å². The topological polar surface area (TPSA) is 46.3 Å². The van der Waals surface area contributed by atoms with Gasteiger partial charge in [0.05, 0.1) is 10.6 Å². The molecule has 3 rings (SSSR count). The SMILES string of the molecule is CC1Cc2ccccc2N(C(=O)c2cc(N)ccc2Cl)C1. The van der Waals surface area contributed by atoms with Crippen molar-refractivity contribution < 1.29 is 4.79 Å². The van der Waals surface area contributed by atoms with Crippen LogP contribution in [-0.2, 0) is 6.42 Å². The van der Waals surface area contributed by atoms with Gasteiger partial charge in [-0.1, -0.05) is 36.7 Å². The van der Waals surface area contributed by atoms with Gasteiger partial charge < -0.3 is 10.6 Å². The summed E-state index contributed by atoms with van der Waals surface area (Å²) in [6.07, 6.45) is 0.991. The summed E-state index contributed by atoms with van der Waals surface area (Å²) in [5.41, 5.74) is 8.96. The highest BCUT2D eigenvalue weighted by atomic mass is 35.5. The highest BCUT2D eigenvalue weighted by Crippen LogP contribution is 2.32. The van der Waals surface area contributed by atoms with Crippen molar-refractivity contribution in [2.45, 2.75) is 13.3 Å². The zero-order valence-electron chi connectivity index (χ0n) is 11.8. The van der Waals surface area contributed by atoms with Crippen LogP contribution >= 0.6 is 11.6 Å². The third kappa shape index (κ3) is 2.61. The molecule has 21 heavy (non-hydrogen) atoms. The molecule has 0 fully saturated rings. The van der Waals surface area contributed by atoms with Gasteiger partial charge in [-0.3, -0.25) is 4.79 Å². The number of carbonyl (C=O) groups excluding carboxylic acids is 1. The second kappa shape index (κ2) is 5.41. The van der Waals surface area contributed by atoms with E-state index < -0.39 is 0 Å². The number of fused-ring (bicyclic) bond motifs is 1. The van der Waals surface area contributed by atoms with Gasteiger partial charge in [0, 0.05) is 17.9 Å². The molecule has 1 heterocycles. The molecular formula is C17H17ClN2O. The number of nitrogen functional groups attached to an aromatic ring is 1. The summed E-state index contributed by atoms with van der Waals surface area (Å²) in [7, 11) is 0. The molecule has 0 aromatic heterocycles. The van der Waals surface area contributed by atoms with Crippen LogP contribution in [0.2, 0.25) is 5.02 Å². The van der Waals surface area contributed by atoms with Gasteiger partial charge in [0.1, 0.15) is 0 Å². The molecule has 108 valence electrons. The van der Waals surface area contributed by atoms with Gasteiger partial charge in [-0.25, -0.2) is 0 Å². The lowest BCUT2D eigenvalue weighted by atomic mass is 9.93. The summed E-state index contributed by atoms with van der Waals surface area (Å²) in [6.45, 7) is 2.85. The molecule has 2 aromatic rings. The Bertz CT molecular complexity index is 699. The van der Waals surface area contributed by atoms with Crippen LogP contribution in [0.3, 0.4) is 0 Å². The molecule has 1 amide bonds. The Kier molecular flexibility index (Phi) is 3.60. The van der Waals surface area contributed by atoms with Crippen LogP contribution in [0.25, 0.3) is 0 Å².